The quantitative estimate of drug-likeness (QED) is 0.305. The Labute approximate surface area is 238 Å². The molecule has 2 atom stereocenters. The van der Waals surface area contributed by atoms with Gasteiger partial charge in [0, 0.05) is 23.6 Å². The van der Waals surface area contributed by atoms with E-state index >= 15 is 0 Å². The fourth-order valence-electron chi connectivity index (χ4n) is 5.58. The zero-order valence-electron chi connectivity index (χ0n) is 22.5. The molecule has 0 spiro atoms. The maximum atomic E-state index is 14.2. The van der Waals surface area contributed by atoms with Crippen molar-refractivity contribution in [3.63, 3.8) is 0 Å². The monoisotopic (exact) mass is 577 g/mol. The normalized spacial score (nSPS) is 19.4. The number of hydrogen-bond acceptors (Lipinski definition) is 4. The standard InChI is InChI=1S/C31H27F4N5O2/c1-2-39-28-24(26(30(36)15-16-30)38-40(28)22-9-4-3-5-10-22)23(18-11-13-21(32)14-12-18)25(29(39)42)37-27(41)19-7-6-8-20(17-19)31(33,34)35/h3-14,17,23,25H,2,15-16,36H2,1H3,(H,37,41)/t23-,25-/m1/s1. The molecule has 3 aromatic carbocycles. The molecule has 0 unspecified atom stereocenters. The smallest absolute Gasteiger partial charge is 0.339 e. The summed E-state index contributed by atoms with van der Waals surface area (Å²) in [4.78, 5) is 29.1. The molecule has 0 radical (unpaired) electrons. The van der Waals surface area contributed by atoms with Crippen LogP contribution in [-0.4, -0.2) is 34.2 Å². The minimum absolute atomic E-state index is 0.216. The summed E-state index contributed by atoms with van der Waals surface area (Å²) in [7, 11) is 0. The molecule has 4 aromatic rings. The van der Waals surface area contributed by atoms with E-state index in [1.807, 2.05) is 30.3 Å². The van der Waals surface area contributed by atoms with Gasteiger partial charge in [-0.3, -0.25) is 14.5 Å². The Kier molecular flexibility index (Phi) is 6.64. The van der Waals surface area contributed by atoms with Crippen molar-refractivity contribution < 1.29 is 27.2 Å². The summed E-state index contributed by atoms with van der Waals surface area (Å²) < 4.78 is 55.9. The highest BCUT2D eigenvalue weighted by Crippen LogP contribution is 2.51. The van der Waals surface area contributed by atoms with Gasteiger partial charge in [0.1, 0.15) is 17.7 Å². The number of halogens is 4. The lowest BCUT2D eigenvalue weighted by Gasteiger charge is -2.39. The summed E-state index contributed by atoms with van der Waals surface area (Å²) in [5.74, 6) is -2.18. The Bertz CT molecular complexity index is 1660. The lowest BCUT2D eigenvalue weighted by Crippen LogP contribution is -2.55. The predicted octanol–water partition coefficient (Wildman–Crippen LogP) is 5.28. The van der Waals surface area contributed by atoms with Gasteiger partial charge in [0.2, 0.25) is 0 Å². The SMILES string of the molecule is CCN1C(=O)[C@H](NC(=O)c2cccc(C(F)(F)F)c2)[C@H](c2ccc(F)cc2)c2c(C3(N)CC3)nn(-c3ccccc3)c21. The number of carbonyl (C=O) groups excluding carboxylic acids is 2. The van der Waals surface area contributed by atoms with Gasteiger partial charge in [-0.25, -0.2) is 9.07 Å². The van der Waals surface area contributed by atoms with E-state index in [-0.39, 0.29) is 12.1 Å². The van der Waals surface area contributed by atoms with Crippen molar-refractivity contribution >= 4 is 17.6 Å². The van der Waals surface area contributed by atoms with E-state index in [1.54, 1.807) is 11.6 Å². The van der Waals surface area contributed by atoms with E-state index < -0.39 is 46.9 Å². The molecule has 11 heteroatoms. The van der Waals surface area contributed by atoms with Crippen LogP contribution in [0.15, 0.2) is 78.9 Å². The molecule has 1 aliphatic heterocycles. The van der Waals surface area contributed by atoms with Crippen LogP contribution in [0.25, 0.3) is 5.69 Å². The van der Waals surface area contributed by atoms with Crippen molar-refractivity contribution in [2.24, 2.45) is 5.73 Å². The average molecular weight is 578 g/mol. The summed E-state index contributed by atoms with van der Waals surface area (Å²) >= 11 is 0. The largest absolute Gasteiger partial charge is 0.416 e. The molecule has 1 saturated carbocycles. The fraction of sp³-hybridized carbons (Fsp3) is 0.258. The third-order valence-corrected chi connectivity index (χ3v) is 7.87. The third kappa shape index (κ3) is 4.73. The molecule has 2 amide bonds. The van der Waals surface area contributed by atoms with Gasteiger partial charge in [0.25, 0.3) is 11.8 Å². The fourth-order valence-corrected chi connectivity index (χ4v) is 5.58. The highest BCUT2D eigenvalue weighted by molar-refractivity contribution is 6.05. The van der Waals surface area contributed by atoms with Gasteiger partial charge in [0.15, 0.2) is 0 Å². The summed E-state index contributed by atoms with van der Waals surface area (Å²) in [5, 5.41) is 7.63. The molecule has 1 aliphatic carbocycles. The van der Waals surface area contributed by atoms with Crippen molar-refractivity contribution in [3.05, 3.63) is 113 Å². The Hall–Kier alpha value is -4.51. The number of nitrogens with zero attached hydrogens (tertiary/aromatic N) is 3. The Morgan fingerprint density at radius 1 is 1.05 bits per heavy atom. The molecule has 42 heavy (non-hydrogen) atoms. The summed E-state index contributed by atoms with van der Waals surface area (Å²) in [6.07, 6.45) is -3.34. The molecule has 2 heterocycles. The van der Waals surface area contributed by atoms with Crippen molar-refractivity contribution in [2.45, 2.75) is 43.4 Å². The van der Waals surface area contributed by atoms with Crippen molar-refractivity contribution in [3.8, 4) is 5.69 Å². The number of anilines is 1. The second kappa shape index (κ2) is 10.1. The van der Waals surface area contributed by atoms with Gasteiger partial charge in [0.05, 0.1) is 22.5 Å². The first-order valence-electron chi connectivity index (χ1n) is 13.5. The molecular weight excluding hydrogens is 550 g/mol. The van der Waals surface area contributed by atoms with E-state index in [0.29, 0.717) is 41.2 Å². The number of rotatable bonds is 6. The van der Waals surface area contributed by atoms with Gasteiger partial charge < -0.3 is 11.1 Å². The highest BCUT2D eigenvalue weighted by Gasteiger charge is 2.52. The number of hydrogen-bond donors (Lipinski definition) is 2. The van der Waals surface area contributed by atoms with Crippen molar-refractivity contribution in [1.82, 2.24) is 15.1 Å². The maximum Gasteiger partial charge on any atom is 0.416 e. The number of benzene rings is 3. The number of nitrogens with one attached hydrogen (secondary N) is 1. The van der Waals surface area contributed by atoms with Crippen LogP contribution in [0.1, 0.15) is 58.4 Å². The second-order valence-corrected chi connectivity index (χ2v) is 10.6. The summed E-state index contributed by atoms with van der Waals surface area (Å²) in [5.41, 5.74) is 7.12. The van der Waals surface area contributed by atoms with Crippen LogP contribution in [0, 0.1) is 5.82 Å². The van der Waals surface area contributed by atoms with Crippen molar-refractivity contribution in [1.29, 1.82) is 0 Å². The van der Waals surface area contributed by atoms with Crippen molar-refractivity contribution in [2.75, 3.05) is 11.4 Å². The van der Waals surface area contributed by atoms with Gasteiger partial charge in [-0.05, 0) is 67.8 Å². The minimum atomic E-state index is -4.65. The maximum absolute atomic E-state index is 14.2. The Morgan fingerprint density at radius 3 is 2.36 bits per heavy atom. The van der Waals surface area contributed by atoms with E-state index in [4.69, 9.17) is 10.8 Å². The number of aromatic nitrogens is 2. The number of alkyl halides is 3. The third-order valence-electron chi connectivity index (χ3n) is 7.87. The molecule has 0 saturated heterocycles. The summed E-state index contributed by atoms with van der Waals surface area (Å²) in [6.45, 7) is 2.00. The Morgan fingerprint density at radius 2 is 1.74 bits per heavy atom. The van der Waals surface area contributed by atoms with E-state index in [0.717, 1.165) is 18.2 Å². The molecule has 1 aromatic heterocycles. The number of likely N-dealkylation sites (N-methyl/N-ethyl adjacent to an activating group) is 1. The first-order chi connectivity index (χ1) is 20.0. The zero-order chi connectivity index (χ0) is 29.8. The van der Waals surface area contributed by atoms with Gasteiger partial charge in [-0.15, -0.1) is 0 Å². The zero-order valence-corrected chi connectivity index (χ0v) is 22.5. The number of fused-ring (bicyclic) bond motifs is 1. The van der Waals surface area contributed by atoms with E-state index in [9.17, 15) is 27.2 Å². The highest BCUT2D eigenvalue weighted by atomic mass is 19.4. The molecule has 2 aliphatic rings. The molecule has 0 bridgehead atoms. The molecule has 216 valence electrons. The minimum Gasteiger partial charge on any atom is -0.339 e. The predicted molar refractivity (Wildman–Crippen MR) is 148 cm³/mol. The van der Waals surface area contributed by atoms with Gasteiger partial charge in [-0.2, -0.15) is 18.3 Å². The first-order valence-corrected chi connectivity index (χ1v) is 13.5. The number of amides is 2. The molecule has 6 rings (SSSR count). The van der Waals surface area contributed by atoms with Gasteiger partial charge >= 0.3 is 6.18 Å². The molecule has 7 nitrogen and oxygen atoms in total. The number of nitrogens with two attached hydrogens (primary N) is 1. The molecule has 1 fully saturated rings. The van der Waals surface area contributed by atoms with Crippen LogP contribution in [0.4, 0.5) is 23.4 Å². The molecule has 3 N–H and O–H groups in total. The Balaban J connectivity index is 1.54. The lowest BCUT2D eigenvalue weighted by atomic mass is 9.79. The van der Waals surface area contributed by atoms with Crippen LogP contribution in [0.5, 0.6) is 0 Å². The van der Waals surface area contributed by atoms with E-state index in [2.05, 4.69) is 5.32 Å². The first kappa shape index (κ1) is 27.6. The topological polar surface area (TPSA) is 93.2 Å². The van der Waals surface area contributed by atoms with Crippen LogP contribution >= 0.6 is 0 Å². The van der Waals surface area contributed by atoms with Crippen LogP contribution < -0.4 is 16.0 Å². The average Bonchev–Trinajstić information content (AvgIpc) is 3.60. The lowest BCUT2D eigenvalue weighted by molar-refractivity contribution is -0.137. The van der Waals surface area contributed by atoms with Crippen LogP contribution in [0.2, 0.25) is 0 Å². The second-order valence-electron chi connectivity index (χ2n) is 10.6. The summed E-state index contributed by atoms with van der Waals surface area (Å²) in [6, 6.07) is 17.6. The van der Waals surface area contributed by atoms with Crippen LogP contribution in [0.3, 0.4) is 0 Å². The van der Waals surface area contributed by atoms with E-state index in [1.165, 1.54) is 35.2 Å². The number of para-hydroxylation sites is 1. The van der Waals surface area contributed by atoms with Gasteiger partial charge in [-0.1, -0.05) is 36.4 Å². The van der Waals surface area contributed by atoms with Crippen LogP contribution in [-0.2, 0) is 16.5 Å². The number of carbonyl (C=O) groups is 2. The molecular formula is C31H27F4N5O2.